The van der Waals surface area contributed by atoms with Crippen LogP contribution in [0.3, 0.4) is 0 Å². The van der Waals surface area contributed by atoms with Gasteiger partial charge in [-0.3, -0.25) is 4.79 Å². The summed E-state index contributed by atoms with van der Waals surface area (Å²) < 4.78 is 4.57. The molecule has 3 nitrogen and oxygen atoms in total. The second-order valence-electron chi connectivity index (χ2n) is 3.91. The second-order valence-corrected chi connectivity index (χ2v) is 3.91. The number of esters is 1. The molecule has 1 rings (SSSR count). The number of rotatable bonds is 5. The maximum Gasteiger partial charge on any atom is 0.306 e. The molecule has 1 aromatic carbocycles. The number of hydrogen-bond donors (Lipinski definition) is 1. The van der Waals surface area contributed by atoms with Crippen LogP contribution in [-0.2, 0) is 9.53 Å². The molecular formula is C13H19NO2. The lowest BCUT2D eigenvalue weighted by atomic mass is 10.1. The Hall–Kier alpha value is -1.35. The van der Waals surface area contributed by atoms with Crippen molar-refractivity contribution in [2.45, 2.75) is 26.3 Å². The molecule has 0 heterocycles. The number of benzene rings is 1. The van der Waals surface area contributed by atoms with Crippen LogP contribution in [0, 0.1) is 6.92 Å². The number of hydrogen-bond acceptors (Lipinski definition) is 3. The summed E-state index contributed by atoms with van der Waals surface area (Å²) in [6.45, 7) is 4.79. The van der Waals surface area contributed by atoms with E-state index < -0.39 is 0 Å². The third kappa shape index (κ3) is 4.03. The van der Waals surface area contributed by atoms with Crippen LogP contribution in [-0.4, -0.2) is 19.6 Å². The summed E-state index contributed by atoms with van der Waals surface area (Å²) in [6.07, 6.45) is 0.409. The molecule has 0 fully saturated rings. The minimum atomic E-state index is -0.177. The van der Waals surface area contributed by atoms with E-state index in [-0.39, 0.29) is 12.0 Å². The fraction of sp³-hybridized carbons (Fsp3) is 0.462. The van der Waals surface area contributed by atoms with Gasteiger partial charge in [-0.2, -0.15) is 0 Å². The van der Waals surface area contributed by atoms with Crippen LogP contribution in [0.15, 0.2) is 24.3 Å². The Bertz CT molecular complexity index is 332. The lowest BCUT2D eigenvalue weighted by Crippen LogP contribution is -2.22. The molecule has 0 radical (unpaired) electrons. The Morgan fingerprint density at radius 2 is 2.00 bits per heavy atom. The molecule has 0 bridgehead atoms. The topological polar surface area (TPSA) is 38.3 Å². The molecular weight excluding hydrogens is 202 g/mol. The summed E-state index contributed by atoms with van der Waals surface area (Å²) in [4.78, 5) is 10.9. The molecule has 1 N–H and O–H groups in total. The smallest absolute Gasteiger partial charge is 0.306 e. The lowest BCUT2D eigenvalue weighted by Gasteiger charge is -2.13. The number of ether oxygens (including phenoxy) is 1. The van der Waals surface area contributed by atoms with Crippen molar-refractivity contribution in [1.82, 2.24) is 5.32 Å². The first-order valence-corrected chi connectivity index (χ1v) is 5.50. The van der Waals surface area contributed by atoms with Gasteiger partial charge < -0.3 is 10.1 Å². The third-order valence-electron chi connectivity index (χ3n) is 2.58. The van der Waals surface area contributed by atoms with E-state index in [0.29, 0.717) is 13.0 Å². The molecule has 0 saturated carbocycles. The highest BCUT2D eigenvalue weighted by molar-refractivity contribution is 5.69. The van der Waals surface area contributed by atoms with E-state index in [0.717, 1.165) is 0 Å². The predicted molar refractivity (Wildman–Crippen MR) is 64.2 cm³/mol. The van der Waals surface area contributed by atoms with Crippen molar-refractivity contribution in [3.8, 4) is 0 Å². The van der Waals surface area contributed by atoms with Gasteiger partial charge in [-0.1, -0.05) is 29.8 Å². The summed E-state index contributed by atoms with van der Waals surface area (Å²) in [7, 11) is 1.41. The minimum absolute atomic E-state index is 0.177. The molecule has 1 aromatic rings. The predicted octanol–water partition coefficient (Wildman–Crippen LogP) is 2.21. The average Bonchev–Trinajstić information content (AvgIpc) is 2.29. The van der Waals surface area contributed by atoms with Crippen molar-refractivity contribution in [2.75, 3.05) is 13.7 Å². The van der Waals surface area contributed by atoms with Crippen molar-refractivity contribution >= 4 is 5.97 Å². The number of methoxy groups -OCH3 is 1. The van der Waals surface area contributed by atoms with Crippen LogP contribution in [0.25, 0.3) is 0 Å². The zero-order chi connectivity index (χ0) is 12.0. The molecule has 3 heteroatoms. The maximum atomic E-state index is 10.9. The van der Waals surface area contributed by atoms with Gasteiger partial charge in [-0.15, -0.1) is 0 Å². The molecule has 0 saturated heterocycles. The first kappa shape index (κ1) is 12.7. The normalized spacial score (nSPS) is 12.2. The average molecular weight is 221 g/mol. The third-order valence-corrected chi connectivity index (χ3v) is 2.58. The maximum absolute atomic E-state index is 10.9. The first-order chi connectivity index (χ1) is 7.63. The fourth-order valence-corrected chi connectivity index (χ4v) is 1.47. The van der Waals surface area contributed by atoms with Crippen LogP contribution in [0.1, 0.15) is 30.5 Å². The number of aryl methyl sites for hydroxylation is 1. The van der Waals surface area contributed by atoms with Gasteiger partial charge in [0.2, 0.25) is 0 Å². The van der Waals surface area contributed by atoms with Gasteiger partial charge in [0.05, 0.1) is 13.5 Å². The van der Waals surface area contributed by atoms with Crippen molar-refractivity contribution in [2.24, 2.45) is 0 Å². The number of nitrogens with one attached hydrogen (secondary N) is 1. The fourth-order valence-electron chi connectivity index (χ4n) is 1.47. The largest absolute Gasteiger partial charge is 0.469 e. The van der Waals surface area contributed by atoms with E-state index in [4.69, 9.17) is 0 Å². The van der Waals surface area contributed by atoms with E-state index in [9.17, 15) is 4.79 Å². The molecule has 88 valence electrons. The zero-order valence-corrected chi connectivity index (χ0v) is 10.1. The highest BCUT2D eigenvalue weighted by Gasteiger charge is 2.05. The summed E-state index contributed by atoms with van der Waals surface area (Å²) in [6, 6.07) is 8.64. The zero-order valence-electron chi connectivity index (χ0n) is 10.1. The van der Waals surface area contributed by atoms with Crippen molar-refractivity contribution in [3.05, 3.63) is 35.4 Å². The SMILES string of the molecule is COC(=O)CCN[C@H](C)c1ccc(C)cc1. The Morgan fingerprint density at radius 3 is 2.56 bits per heavy atom. The minimum Gasteiger partial charge on any atom is -0.469 e. The van der Waals surface area contributed by atoms with Gasteiger partial charge >= 0.3 is 5.97 Å². The molecule has 0 aliphatic heterocycles. The van der Waals surface area contributed by atoms with E-state index in [2.05, 4.69) is 48.2 Å². The van der Waals surface area contributed by atoms with Crippen molar-refractivity contribution < 1.29 is 9.53 Å². The van der Waals surface area contributed by atoms with Gasteiger partial charge in [0, 0.05) is 12.6 Å². The second kappa shape index (κ2) is 6.28. The van der Waals surface area contributed by atoms with Crippen molar-refractivity contribution in [1.29, 1.82) is 0 Å². The van der Waals surface area contributed by atoms with Gasteiger partial charge in [0.25, 0.3) is 0 Å². The lowest BCUT2D eigenvalue weighted by molar-refractivity contribution is -0.140. The first-order valence-electron chi connectivity index (χ1n) is 5.50. The Labute approximate surface area is 96.8 Å². The van der Waals surface area contributed by atoms with Gasteiger partial charge in [0.1, 0.15) is 0 Å². The Morgan fingerprint density at radius 1 is 1.38 bits per heavy atom. The Kier molecular flexibility index (Phi) is 4.99. The van der Waals surface area contributed by atoms with Gasteiger partial charge in [-0.05, 0) is 19.4 Å². The highest BCUT2D eigenvalue weighted by atomic mass is 16.5. The molecule has 0 spiro atoms. The summed E-state index contributed by atoms with van der Waals surface area (Å²) in [5.74, 6) is -0.177. The van der Waals surface area contributed by atoms with Crippen molar-refractivity contribution in [3.63, 3.8) is 0 Å². The summed E-state index contributed by atoms with van der Waals surface area (Å²) in [5.41, 5.74) is 2.49. The highest BCUT2D eigenvalue weighted by Crippen LogP contribution is 2.12. The molecule has 0 unspecified atom stereocenters. The van der Waals surface area contributed by atoms with Crippen LogP contribution < -0.4 is 5.32 Å². The summed E-state index contributed by atoms with van der Waals surface area (Å²) in [5, 5.41) is 3.28. The van der Waals surface area contributed by atoms with Crippen LogP contribution in [0.2, 0.25) is 0 Å². The number of carbonyl (C=O) groups is 1. The molecule has 0 aliphatic carbocycles. The molecule has 0 aliphatic rings. The molecule has 1 atom stereocenters. The van der Waals surface area contributed by atoms with Crippen LogP contribution >= 0.6 is 0 Å². The van der Waals surface area contributed by atoms with E-state index in [1.807, 2.05) is 0 Å². The van der Waals surface area contributed by atoms with E-state index >= 15 is 0 Å². The van der Waals surface area contributed by atoms with E-state index in [1.165, 1.54) is 18.2 Å². The summed E-state index contributed by atoms with van der Waals surface area (Å²) >= 11 is 0. The quantitative estimate of drug-likeness (QED) is 0.775. The number of carbonyl (C=O) groups excluding carboxylic acids is 1. The molecule has 16 heavy (non-hydrogen) atoms. The molecule has 0 aromatic heterocycles. The monoisotopic (exact) mass is 221 g/mol. The van der Waals surface area contributed by atoms with Crippen LogP contribution in [0.5, 0.6) is 0 Å². The van der Waals surface area contributed by atoms with Gasteiger partial charge in [-0.25, -0.2) is 0 Å². The van der Waals surface area contributed by atoms with Crippen LogP contribution in [0.4, 0.5) is 0 Å². The standard InChI is InChI=1S/C13H19NO2/c1-10-4-6-12(7-5-10)11(2)14-9-8-13(15)16-3/h4-7,11,14H,8-9H2,1-3H3/t11-/m1/s1. The van der Waals surface area contributed by atoms with E-state index in [1.54, 1.807) is 0 Å². The van der Waals surface area contributed by atoms with Gasteiger partial charge in [0.15, 0.2) is 0 Å². The molecule has 0 amide bonds. The Balaban J connectivity index is 2.37.